The molecule has 1 aromatic carbocycles. The van der Waals surface area contributed by atoms with Crippen LogP contribution in [0.15, 0.2) is 18.2 Å². The molecular formula is C14H16F3NO. The Morgan fingerprint density at radius 1 is 1.26 bits per heavy atom. The number of hydrogen-bond acceptors (Lipinski definition) is 2. The number of rotatable bonds is 2. The Bertz CT molecular complexity index is 502. The van der Waals surface area contributed by atoms with Crippen molar-refractivity contribution in [2.24, 2.45) is 5.41 Å². The maximum absolute atomic E-state index is 13.3. The van der Waals surface area contributed by atoms with Crippen molar-refractivity contribution < 1.29 is 18.0 Å². The molecule has 0 amide bonds. The fourth-order valence-corrected chi connectivity index (χ4v) is 2.42. The first kappa shape index (κ1) is 14.1. The van der Waals surface area contributed by atoms with E-state index in [0.29, 0.717) is 0 Å². The van der Waals surface area contributed by atoms with Gasteiger partial charge in [-0.2, -0.15) is 13.2 Å². The lowest BCUT2D eigenvalue weighted by Gasteiger charge is -2.29. The zero-order valence-corrected chi connectivity index (χ0v) is 10.9. The molecule has 1 fully saturated rings. The van der Waals surface area contributed by atoms with Gasteiger partial charge in [0.1, 0.15) is 5.41 Å². The summed E-state index contributed by atoms with van der Waals surface area (Å²) in [6, 6.07) is 4.72. The molecule has 0 aromatic heterocycles. The van der Waals surface area contributed by atoms with Gasteiger partial charge in [-0.25, -0.2) is 0 Å². The van der Waals surface area contributed by atoms with Crippen molar-refractivity contribution in [3.05, 3.63) is 34.9 Å². The van der Waals surface area contributed by atoms with Crippen molar-refractivity contribution >= 4 is 5.78 Å². The maximum atomic E-state index is 13.3. The second kappa shape index (κ2) is 4.63. The standard InChI is InChI=1S/C14H16F3NO/c1-9-3-4-11(7-10(9)2)12(19)13(14(15,16)17)5-6-18-8-13/h3-4,7,18H,5-6,8H2,1-2H3. The van der Waals surface area contributed by atoms with Gasteiger partial charge < -0.3 is 5.32 Å². The van der Waals surface area contributed by atoms with Gasteiger partial charge in [0, 0.05) is 12.1 Å². The highest BCUT2D eigenvalue weighted by Gasteiger charge is 2.61. The number of benzene rings is 1. The summed E-state index contributed by atoms with van der Waals surface area (Å²) in [6.45, 7) is 3.54. The van der Waals surface area contributed by atoms with Gasteiger partial charge in [0.05, 0.1) is 0 Å². The fourth-order valence-electron chi connectivity index (χ4n) is 2.42. The maximum Gasteiger partial charge on any atom is 0.402 e. The molecule has 104 valence electrons. The molecule has 1 aromatic rings. The van der Waals surface area contributed by atoms with E-state index in [4.69, 9.17) is 0 Å². The molecular weight excluding hydrogens is 255 g/mol. The summed E-state index contributed by atoms with van der Waals surface area (Å²) in [7, 11) is 0. The Morgan fingerprint density at radius 3 is 2.42 bits per heavy atom. The van der Waals surface area contributed by atoms with E-state index in [0.717, 1.165) is 11.1 Å². The Kier molecular flexibility index (Phi) is 3.43. The van der Waals surface area contributed by atoms with E-state index in [9.17, 15) is 18.0 Å². The molecule has 5 heteroatoms. The first-order valence-corrected chi connectivity index (χ1v) is 6.17. The summed E-state index contributed by atoms with van der Waals surface area (Å²) < 4.78 is 39.8. The highest BCUT2D eigenvalue weighted by Crippen LogP contribution is 2.45. The normalized spacial score (nSPS) is 23.6. The second-order valence-electron chi connectivity index (χ2n) is 5.13. The SMILES string of the molecule is Cc1ccc(C(=O)C2(C(F)(F)F)CCNC2)cc1C. The molecule has 0 spiro atoms. The molecule has 19 heavy (non-hydrogen) atoms. The predicted octanol–water partition coefficient (Wildman–Crippen LogP) is 3.03. The number of hydrogen-bond donors (Lipinski definition) is 1. The van der Waals surface area contributed by atoms with Crippen LogP contribution in [0, 0.1) is 19.3 Å². The summed E-state index contributed by atoms with van der Waals surface area (Å²) in [5.41, 5.74) is -0.338. The highest BCUT2D eigenvalue weighted by atomic mass is 19.4. The molecule has 1 aliphatic heterocycles. The van der Waals surface area contributed by atoms with Gasteiger partial charge in [0.25, 0.3) is 0 Å². The number of nitrogens with one attached hydrogen (secondary N) is 1. The van der Waals surface area contributed by atoms with Crippen LogP contribution in [0.4, 0.5) is 13.2 Å². The van der Waals surface area contributed by atoms with Crippen LogP contribution in [0.1, 0.15) is 27.9 Å². The minimum atomic E-state index is -4.52. The second-order valence-corrected chi connectivity index (χ2v) is 5.13. The smallest absolute Gasteiger partial charge is 0.315 e. The van der Waals surface area contributed by atoms with Crippen LogP contribution in [-0.4, -0.2) is 25.0 Å². The molecule has 2 rings (SSSR count). The lowest BCUT2D eigenvalue weighted by atomic mass is 9.78. The first-order valence-electron chi connectivity index (χ1n) is 6.17. The van der Waals surface area contributed by atoms with Crippen molar-refractivity contribution in [3.8, 4) is 0 Å². The topological polar surface area (TPSA) is 29.1 Å². The number of aryl methyl sites for hydroxylation is 2. The van der Waals surface area contributed by atoms with Gasteiger partial charge in [-0.1, -0.05) is 12.1 Å². The van der Waals surface area contributed by atoms with E-state index in [1.807, 2.05) is 6.92 Å². The van der Waals surface area contributed by atoms with E-state index in [-0.39, 0.29) is 25.1 Å². The third-order valence-electron chi connectivity index (χ3n) is 3.90. The lowest BCUT2D eigenvalue weighted by Crippen LogP contribution is -2.46. The van der Waals surface area contributed by atoms with Crippen molar-refractivity contribution in [1.29, 1.82) is 0 Å². The Labute approximate surface area is 110 Å². The summed E-state index contributed by atoms with van der Waals surface area (Å²) in [5.74, 6) is -0.826. The van der Waals surface area contributed by atoms with Crippen LogP contribution in [-0.2, 0) is 0 Å². The van der Waals surface area contributed by atoms with Crippen LogP contribution < -0.4 is 5.32 Å². The van der Waals surface area contributed by atoms with E-state index in [2.05, 4.69) is 5.32 Å². The minimum Gasteiger partial charge on any atom is -0.315 e. The van der Waals surface area contributed by atoms with Crippen molar-refractivity contribution in [2.45, 2.75) is 26.4 Å². The molecule has 1 aliphatic rings. The number of carbonyl (C=O) groups is 1. The van der Waals surface area contributed by atoms with E-state index in [1.165, 1.54) is 6.07 Å². The average Bonchev–Trinajstić information content (AvgIpc) is 2.81. The molecule has 1 N–H and O–H groups in total. The molecule has 0 aliphatic carbocycles. The van der Waals surface area contributed by atoms with Gasteiger partial charge in [-0.15, -0.1) is 0 Å². The quantitative estimate of drug-likeness (QED) is 0.838. The fraction of sp³-hybridized carbons (Fsp3) is 0.500. The van der Waals surface area contributed by atoms with E-state index in [1.54, 1.807) is 19.1 Å². The van der Waals surface area contributed by atoms with E-state index >= 15 is 0 Å². The van der Waals surface area contributed by atoms with Crippen LogP contribution in [0.25, 0.3) is 0 Å². The molecule has 1 saturated heterocycles. The summed E-state index contributed by atoms with van der Waals surface area (Å²) in [4.78, 5) is 12.3. The van der Waals surface area contributed by atoms with Crippen molar-refractivity contribution in [2.75, 3.05) is 13.1 Å². The molecule has 0 bridgehead atoms. The van der Waals surface area contributed by atoms with Crippen molar-refractivity contribution in [3.63, 3.8) is 0 Å². The lowest BCUT2D eigenvalue weighted by molar-refractivity contribution is -0.197. The molecule has 0 radical (unpaired) electrons. The van der Waals surface area contributed by atoms with Crippen LogP contribution in [0.5, 0.6) is 0 Å². The number of Topliss-reactive ketones (excluding diaryl/α,β-unsaturated/α-hetero) is 1. The monoisotopic (exact) mass is 271 g/mol. The Morgan fingerprint density at radius 2 is 1.95 bits per heavy atom. The molecule has 1 heterocycles. The van der Waals surface area contributed by atoms with Gasteiger partial charge in [0.2, 0.25) is 0 Å². The highest BCUT2D eigenvalue weighted by molar-refractivity contribution is 6.01. The van der Waals surface area contributed by atoms with Crippen molar-refractivity contribution in [1.82, 2.24) is 5.32 Å². The third kappa shape index (κ3) is 2.27. The summed E-state index contributed by atoms with van der Waals surface area (Å²) >= 11 is 0. The number of alkyl halides is 3. The Hall–Kier alpha value is -1.36. The molecule has 0 saturated carbocycles. The van der Waals surface area contributed by atoms with Crippen LogP contribution >= 0.6 is 0 Å². The Balaban J connectivity index is 2.43. The predicted molar refractivity (Wildman–Crippen MR) is 66.2 cm³/mol. The summed E-state index contributed by atoms with van der Waals surface area (Å²) in [6.07, 6.45) is -4.71. The van der Waals surface area contributed by atoms with E-state index < -0.39 is 17.4 Å². The van der Waals surface area contributed by atoms with Crippen LogP contribution in [0.2, 0.25) is 0 Å². The van der Waals surface area contributed by atoms with Gasteiger partial charge in [-0.3, -0.25) is 4.79 Å². The average molecular weight is 271 g/mol. The van der Waals surface area contributed by atoms with Gasteiger partial charge in [-0.05, 0) is 44.0 Å². The summed E-state index contributed by atoms with van der Waals surface area (Å²) in [5, 5.41) is 2.66. The number of halogens is 3. The third-order valence-corrected chi connectivity index (χ3v) is 3.90. The zero-order valence-electron chi connectivity index (χ0n) is 10.9. The number of ketones is 1. The molecule has 2 nitrogen and oxygen atoms in total. The molecule has 1 atom stereocenters. The van der Waals surface area contributed by atoms with Gasteiger partial charge >= 0.3 is 6.18 Å². The van der Waals surface area contributed by atoms with Gasteiger partial charge in [0.15, 0.2) is 5.78 Å². The molecule has 1 unspecified atom stereocenters. The minimum absolute atomic E-state index is 0.143. The van der Waals surface area contributed by atoms with Crippen LogP contribution in [0.3, 0.4) is 0 Å². The largest absolute Gasteiger partial charge is 0.402 e. The first-order chi connectivity index (χ1) is 8.78. The number of carbonyl (C=O) groups excluding carboxylic acids is 1. The zero-order chi connectivity index (χ0) is 14.3.